The molecule has 0 aliphatic carbocycles. The summed E-state index contributed by atoms with van der Waals surface area (Å²) in [5.41, 5.74) is -0.736. The molecular weight excluding hydrogens is 268 g/mol. The highest BCUT2D eigenvalue weighted by atomic mass is 35.5. The third-order valence-electron chi connectivity index (χ3n) is 3.61. The Morgan fingerprint density at radius 1 is 1.00 bits per heavy atom. The molecule has 0 aliphatic rings. The molecule has 2 aromatic rings. The van der Waals surface area contributed by atoms with Crippen molar-refractivity contribution in [1.82, 2.24) is 0 Å². The largest absolute Gasteiger partial charge is 0.373 e. The fourth-order valence-electron chi connectivity index (χ4n) is 2.32. The first kappa shape index (κ1) is 14.9. The summed E-state index contributed by atoms with van der Waals surface area (Å²) in [5, 5.41) is 13.9. The Hall–Kier alpha value is -1.49. The molecule has 1 N–H and O–H groups in total. The molecule has 1 unspecified atom stereocenters. The molecule has 0 fully saturated rings. The average molecular weight is 287 g/mol. The van der Waals surface area contributed by atoms with Crippen LogP contribution in [0.25, 0.3) is 10.8 Å². The normalized spacial score (nSPS) is 14.5. The van der Waals surface area contributed by atoms with Crippen LogP contribution in [-0.4, -0.2) is 5.11 Å². The van der Waals surface area contributed by atoms with Crippen molar-refractivity contribution in [1.29, 1.82) is 0 Å². The van der Waals surface area contributed by atoms with E-state index >= 15 is 0 Å². The molecule has 0 aliphatic heterocycles. The SMILES string of the molecule is CC#CC(O)(c1ccc2cc(Cl)ccc2c1)C(C)(C)C. The molecule has 104 valence electrons. The van der Waals surface area contributed by atoms with Crippen LogP contribution in [0.15, 0.2) is 36.4 Å². The first-order chi connectivity index (χ1) is 9.28. The number of halogens is 1. The Bertz CT molecular complexity index is 701. The molecule has 0 spiro atoms. The van der Waals surface area contributed by atoms with Crippen molar-refractivity contribution in [3.05, 3.63) is 47.0 Å². The first-order valence-electron chi connectivity index (χ1n) is 6.64. The van der Waals surface area contributed by atoms with Crippen molar-refractivity contribution in [2.45, 2.75) is 33.3 Å². The number of hydrogen-bond acceptors (Lipinski definition) is 1. The maximum absolute atomic E-state index is 11.0. The summed E-state index contributed by atoms with van der Waals surface area (Å²) in [6.45, 7) is 7.72. The van der Waals surface area contributed by atoms with E-state index in [0.717, 1.165) is 16.3 Å². The van der Waals surface area contributed by atoms with Crippen LogP contribution >= 0.6 is 11.6 Å². The molecular formula is C18H19ClO. The molecule has 0 aromatic heterocycles. The van der Waals surface area contributed by atoms with Gasteiger partial charge in [0.25, 0.3) is 0 Å². The lowest BCUT2D eigenvalue weighted by molar-refractivity contribution is -0.00893. The van der Waals surface area contributed by atoms with E-state index in [-0.39, 0.29) is 5.41 Å². The van der Waals surface area contributed by atoms with E-state index in [1.54, 1.807) is 6.92 Å². The van der Waals surface area contributed by atoms with Crippen LogP contribution in [0.3, 0.4) is 0 Å². The van der Waals surface area contributed by atoms with Gasteiger partial charge in [0.15, 0.2) is 5.60 Å². The highest BCUT2D eigenvalue weighted by Crippen LogP contribution is 2.39. The lowest BCUT2D eigenvalue weighted by Gasteiger charge is -2.36. The van der Waals surface area contributed by atoms with E-state index in [4.69, 9.17) is 11.6 Å². The minimum atomic E-state index is -1.17. The van der Waals surface area contributed by atoms with Gasteiger partial charge >= 0.3 is 0 Å². The van der Waals surface area contributed by atoms with Crippen LogP contribution < -0.4 is 0 Å². The van der Waals surface area contributed by atoms with Gasteiger partial charge in [-0.05, 0) is 41.5 Å². The van der Waals surface area contributed by atoms with Gasteiger partial charge in [-0.25, -0.2) is 0 Å². The highest BCUT2D eigenvalue weighted by Gasteiger charge is 2.40. The Morgan fingerprint density at radius 2 is 1.60 bits per heavy atom. The van der Waals surface area contributed by atoms with Gasteiger partial charge in [-0.1, -0.05) is 56.5 Å². The molecule has 0 bridgehead atoms. The molecule has 0 saturated heterocycles. The molecule has 2 aromatic carbocycles. The molecule has 2 rings (SSSR count). The molecule has 0 radical (unpaired) electrons. The standard InChI is InChI=1S/C18H19ClO/c1-5-10-18(20,17(2,3)4)15-8-6-14-12-16(19)9-7-13(14)11-15/h6-9,11-12,20H,1-4H3. The predicted octanol–water partition coefficient (Wildman–Crippen LogP) is 4.75. The summed E-state index contributed by atoms with van der Waals surface area (Å²) >= 11 is 6.00. The third kappa shape index (κ3) is 2.54. The van der Waals surface area contributed by atoms with E-state index in [1.807, 2.05) is 57.2 Å². The van der Waals surface area contributed by atoms with Crippen LogP contribution in [0.2, 0.25) is 5.02 Å². The Labute approximate surface area is 125 Å². The second kappa shape index (κ2) is 5.13. The van der Waals surface area contributed by atoms with Gasteiger partial charge in [0.05, 0.1) is 0 Å². The molecule has 0 saturated carbocycles. The van der Waals surface area contributed by atoms with E-state index in [9.17, 15) is 5.11 Å². The summed E-state index contributed by atoms with van der Waals surface area (Å²) in [4.78, 5) is 0. The van der Waals surface area contributed by atoms with E-state index < -0.39 is 5.60 Å². The summed E-state index contributed by atoms with van der Waals surface area (Å²) in [6.07, 6.45) is 0. The van der Waals surface area contributed by atoms with Crippen LogP contribution in [0.4, 0.5) is 0 Å². The zero-order valence-electron chi connectivity index (χ0n) is 12.3. The van der Waals surface area contributed by atoms with E-state index in [2.05, 4.69) is 11.8 Å². The van der Waals surface area contributed by atoms with Gasteiger partial charge in [0.2, 0.25) is 0 Å². The second-order valence-corrected chi connectivity index (χ2v) is 6.48. The molecule has 20 heavy (non-hydrogen) atoms. The summed E-state index contributed by atoms with van der Waals surface area (Å²) in [5.74, 6) is 5.82. The summed E-state index contributed by atoms with van der Waals surface area (Å²) < 4.78 is 0. The van der Waals surface area contributed by atoms with Crippen molar-refractivity contribution in [3.63, 3.8) is 0 Å². The van der Waals surface area contributed by atoms with Gasteiger partial charge in [0.1, 0.15) is 0 Å². The number of fused-ring (bicyclic) bond motifs is 1. The molecule has 0 amide bonds. The number of aliphatic hydroxyl groups is 1. The smallest absolute Gasteiger partial charge is 0.155 e. The maximum atomic E-state index is 11.0. The number of hydrogen-bond donors (Lipinski definition) is 1. The summed E-state index contributed by atoms with van der Waals surface area (Å²) in [7, 11) is 0. The van der Waals surface area contributed by atoms with Crippen LogP contribution in [0, 0.1) is 17.3 Å². The van der Waals surface area contributed by atoms with Crippen molar-refractivity contribution in [2.75, 3.05) is 0 Å². The van der Waals surface area contributed by atoms with Crippen molar-refractivity contribution < 1.29 is 5.11 Å². The summed E-state index contributed by atoms with van der Waals surface area (Å²) in [6, 6.07) is 11.6. The minimum absolute atomic E-state index is 0.379. The van der Waals surface area contributed by atoms with Gasteiger partial charge in [-0.2, -0.15) is 0 Å². The van der Waals surface area contributed by atoms with Crippen LogP contribution in [0.1, 0.15) is 33.3 Å². The average Bonchev–Trinajstić information content (AvgIpc) is 2.37. The lowest BCUT2D eigenvalue weighted by Crippen LogP contribution is -2.38. The molecule has 0 heterocycles. The fraction of sp³-hybridized carbons (Fsp3) is 0.333. The Balaban J connectivity index is 2.66. The lowest BCUT2D eigenvalue weighted by atomic mass is 9.72. The van der Waals surface area contributed by atoms with Gasteiger partial charge in [-0.3, -0.25) is 0 Å². The van der Waals surface area contributed by atoms with Gasteiger partial charge in [0, 0.05) is 10.4 Å². The predicted molar refractivity (Wildman–Crippen MR) is 85.8 cm³/mol. The van der Waals surface area contributed by atoms with Crippen LogP contribution in [0.5, 0.6) is 0 Å². The minimum Gasteiger partial charge on any atom is -0.373 e. The second-order valence-electron chi connectivity index (χ2n) is 6.04. The number of benzene rings is 2. The van der Waals surface area contributed by atoms with E-state index in [1.165, 1.54) is 0 Å². The monoisotopic (exact) mass is 286 g/mol. The molecule has 2 heteroatoms. The zero-order chi connectivity index (χ0) is 15.0. The molecule has 1 atom stereocenters. The fourth-order valence-corrected chi connectivity index (χ4v) is 2.50. The molecule has 1 nitrogen and oxygen atoms in total. The quantitative estimate of drug-likeness (QED) is 0.750. The van der Waals surface area contributed by atoms with Gasteiger partial charge < -0.3 is 5.11 Å². The van der Waals surface area contributed by atoms with Crippen molar-refractivity contribution >= 4 is 22.4 Å². The zero-order valence-corrected chi connectivity index (χ0v) is 13.0. The third-order valence-corrected chi connectivity index (χ3v) is 3.85. The number of rotatable bonds is 1. The Kier molecular flexibility index (Phi) is 3.82. The van der Waals surface area contributed by atoms with Crippen molar-refractivity contribution in [2.24, 2.45) is 5.41 Å². The van der Waals surface area contributed by atoms with Gasteiger partial charge in [-0.15, -0.1) is 5.92 Å². The maximum Gasteiger partial charge on any atom is 0.155 e. The van der Waals surface area contributed by atoms with Crippen LogP contribution in [-0.2, 0) is 5.60 Å². The topological polar surface area (TPSA) is 20.2 Å². The van der Waals surface area contributed by atoms with Crippen molar-refractivity contribution in [3.8, 4) is 11.8 Å². The van der Waals surface area contributed by atoms with E-state index in [0.29, 0.717) is 5.02 Å². The first-order valence-corrected chi connectivity index (χ1v) is 7.02. The Morgan fingerprint density at radius 3 is 2.20 bits per heavy atom. The highest BCUT2D eigenvalue weighted by molar-refractivity contribution is 6.31.